The van der Waals surface area contributed by atoms with Gasteiger partial charge in [-0.2, -0.15) is 0 Å². The second kappa shape index (κ2) is 5.33. The van der Waals surface area contributed by atoms with Crippen LogP contribution in [0.2, 0.25) is 0 Å². The Bertz CT molecular complexity index is 236. The third-order valence-corrected chi connectivity index (χ3v) is 4.25. The van der Waals surface area contributed by atoms with Crippen LogP contribution in [-0.4, -0.2) is 37.6 Å². The van der Waals surface area contributed by atoms with Crippen molar-refractivity contribution in [3.63, 3.8) is 0 Å². The summed E-state index contributed by atoms with van der Waals surface area (Å²) in [6.45, 7) is 12.5. The van der Waals surface area contributed by atoms with Crippen LogP contribution in [0.4, 0.5) is 0 Å². The molecule has 1 spiro atoms. The number of nitrogens with one attached hydrogen (secondary N) is 1. The zero-order valence-electron chi connectivity index (χ0n) is 10.7. The van der Waals surface area contributed by atoms with Crippen LogP contribution < -0.4 is 5.32 Å². The average Bonchev–Trinajstić information content (AvgIpc) is 2.30. The van der Waals surface area contributed by atoms with Crippen LogP contribution in [0.3, 0.4) is 0 Å². The van der Waals surface area contributed by atoms with Crippen LogP contribution in [0.5, 0.6) is 0 Å². The lowest BCUT2D eigenvalue weighted by Gasteiger charge is -2.45. The normalized spacial score (nSPS) is 31.8. The Balaban J connectivity index is 1.90. The predicted molar refractivity (Wildman–Crippen MR) is 69.6 cm³/mol. The average molecular weight is 222 g/mol. The molecule has 1 unspecified atom stereocenters. The first-order chi connectivity index (χ1) is 7.74. The van der Waals surface area contributed by atoms with E-state index in [9.17, 15) is 0 Å². The lowest BCUT2D eigenvalue weighted by Crippen LogP contribution is -2.51. The second-order valence-corrected chi connectivity index (χ2v) is 5.70. The second-order valence-electron chi connectivity index (χ2n) is 5.70. The van der Waals surface area contributed by atoms with Gasteiger partial charge in [0.25, 0.3) is 0 Å². The Kier molecular flexibility index (Phi) is 4.04. The minimum atomic E-state index is 0.588. The fourth-order valence-corrected chi connectivity index (χ4v) is 3.25. The van der Waals surface area contributed by atoms with Gasteiger partial charge in [0.1, 0.15) is 0 Å². The molecule has 2 heteroatoms. The van der Waals surface area contributed by atoms with E-state index in [0.717, 1.165) is 13.0 Å². The molecular formula is C14H26N2. The molecule has 2 rings (SSSR count). The van der Waals surface area contributed by atoms with Gasteiger partial charge in [-0.05, 0) is 50.6 Å². The van der Waals surface area contributed by atoms with Gasteiger partial charge in [0.05, 0.1) is 0 Å². The van der Waals surface area contributed by atoms with Crippen molar-refractivity contribution in [1.82, 2.24) is 10.2 Å². The molecule has 2 saturated heterocycles. The van der Waals surface area contributed by atoms with E-state index in [2.05, 4.69) is 23.7 Å². The Hall–Kier alpha value is -0.340. The Morgan fingerprint density at radius 3 is 2.88 bits per heavy atom. The molecule has 0 aromatic heterocycles. The van der Waals surface area contributed by atoms with Crippen LogP contribution in [-0.2, 0) is 0 Å². The van der Waals surface area contributed by atoms with Crippen molar-refractivity contribution in [1.29, 1.82) is 0 Å². The maximum absolute atomic E-state index is 4.14. The van der Waals surface area contributed by atoms with Crippen LogP contribution in [0.25, 0.3) is 0 Å². The fraction of sp³-hybridized carbons (Fsp3) is 0.857. The predicted octanol–water partition coefficient (Wildman–Crippen LogP) is 2.42. The van der Waals surface area contributed by atoms with E-state index in [1.54, 1.807) is 0 Å². The fourth-order valence-electron chi connectivity index (χ4n) is 3.25. The maximum atomic E-state index is 4.14. The molecule has 16 heavy (non-hydrogen) atoms. The minimum absolute atomic E-state index is 0.588. The molecule has 0 aromatic rings. The molecule has 0 amide bonds. The number of piperidine rings is 2. The molecule has 0 radical (unpaired) electrons. The van der Waals surface area contributed by atoms with Crippen LogP contribution >= 0.6 is 0 Å². The first-order valence-corrected chi connectivity index (χ1v) is 6.84. The van der Waals surface area contributed by atoms with Crippen LogP contribution in [0, 0.1) is 5.41 Å². The molecule has 2 aliphatic heterocycles. The number of nitrogens with zero attached hydrogens (tertiary/aromatic N) is 1. The van der Waals surface area contributed by atoms with Crippen molar-refractivity contribution < 1.29 is 0 Å². The van der Waals surface area contributed by atoms with E-state index in [1.165, 1.54) is 57.4 Å². The number of hydrogen-bond donors (Lipinski definition) is 1. The molecule has 2 heterocycles. The first kappa shape index (κ1) is 12.1. The van der Waals surface area contributed by atoms with Crippen LogP contribution in [0.15, 0.2) is 12.2 Å². The third kappa shape index (κ3) is 2.86. The van der Waals surface area contributed by atoms with Gasteiger partial charge in [0, 0.05) is 19.6 Å². The van der Waals surface area contributed by atoms with Crippen molar-refractivity contribution in [3.05, 3.63) is 12.2 Å². The maximum Gasteiger partial charge on any atom is 0.0190 e. The van der Waals surface area contributed by atoms with Gasteiger partial charge in [0.15, 0.2) is 0 Å². The molecule has 1 atom stereocenters. The van der Waals surface area contributed by atoms with Gasteiger partial charge in [-0.3, -0.25) is 4.90 Å². The summed E-state index contributed by atoms with van der Waals surface area (Å²) in [6.07, 6.45) is 6.72. The van der Waals surface area contributed by atoms with Crippen molar-refractivity contribution in [2.45, 2.75) is 39.0 Å². The lowest BCUT2D eigenvalue weighted by molar-refractivity contribution is 0.0702. The standard InChI is InChI=1S/C14H26N2/c1-3-13(2)10-16-9-5-7-14(12-16)6-4-8-15-11-14/h15H,2-12H2,1H3. The topological polar surface area (TPSA) is 15.3 Å². The number of likely N-dealkylation sites (tertiary alicyclic amines) is 1. The van der Waals surface area contributed by atoms with Crippen molar-refractivity contribution in [2.75, 3.05) is 32.7 Å². The Morgan fingerprint density at radius 1 is 1.38 bits per heavy atom. The molecule has 0 saturated carbocycles. The molecule has 2 nitrogen and oxygen atoms in total. The highest BCUT2D eigenvalue weighted by molar-refractivity contribution is 4.99. The molecule has 1 N–H and O–H groups in total. The van der Waals surface area contributed by atoms with E-state index < -0.39 is 0 Å². The van der Waals surface area contributed by atoms with Gasteiger partial charge < -0.3 is 5.32 Å². The lowest BCUT2D eigenvalue weighted by atomic mass is 9.74. The first-order valence-electron chi connectivity index (χ1n) is 6.84. The quantitative estimate of drug-likeness (QED) is 0.738. The molecule has 2 fully saturated rings. The van der Waals surface area contributed by atoms with Crippen molar-refractivity contribution >= 4 is 0 Å². The summed E-state index contributed by atoms with van der Waals surface area (Å²) >= 11 is 0. The zero-order valence-corrected chi connectivity index (χ0v) is 10.7. The monoisotopic (exact) mass is 222 g/mol. The van der Waals surface area contributed by atoms with Gasteiger partial charge in [-0.25, -0.2) is 0 Å². The van der Waals surface area contributed by atoms with Gasteiger partial charge in [-0.1, -0.05) is 19.1 Å². The summed E-state index contributed by atoms with van der Waals surface area (Å²) in [6, 6.07) is 0. The van der Waals surface area contributed by atoms with Crippen LogP contribution in [0.1, 0.15) is 39.0 Å². The van der Waals surface area contributed by atoms with E-state index in [0.29, 0.717) is 5.41 Å². The minimum Gasteiger partial charge on any atom is -0.316 e. The summed E-state index contributed by atoms with van der Waals surface area (Å²) in [7, 11) is 0. The number of rotatable bonds is 3. The van der Waals surface area contributed by atoms with Crippen molar-refractivity contribution in [2.24, 2.45) is 5.41 Å². The molecular weight excluding hydrogens is 196 g/mol. The van der Waals surface area contributed by atoms with Gasteiger partial charge >= 0.3 is 0 Å². The van der Waals surface area contributed by atoms with E-state index in [4.69, 9.17) is 0 Å². The highest BCUT2D eigenvalue weighted by atomic mass is 15.1. The van der Waals surface area contributed by atoms with Gasteiger partial charge in [-0.15, -0.1) is 0 Å². The summed E-state index contributed by atoms with van der Waals surface area (Å²) in [5, 5.41) is 3.58. The van der Waals surface area contributed by atoms with Crippen molar-refractivity contribution in [3.8, 4) is 0 Å². The Morgan fingerprint density at radius 2 is 2.19 bits per heavy atom. The molecule has 0 bridgehead atoms. The Labute approximate surface area is 100 Å². The number of hydrogen-bond acceptors (Lipinski definition) is 2. The largest absolute Gasteiger partial charge is 0.316 e. The summed E-state index contributed by atoms with van der Waals surface area (Å²) in [4.78, 5) is 2.63. The molecule has 0 aromatic carbocycles. The smallest absolute Gasteiger partial charge is 0.0190 e. The van der Waals surface area contributed by atoms with E-state index in [-0.39, 0.29) is 0 Å². The summed E-state index contributed by atoms with van der Waals surface area (Å²) < 4.78 is 0. The zero-order chi connectivity index (χ0) is 11.4. The molecule has 2 aliphatic rings. The van der Waals surface area contributed by atoms with E-state index in [1.807, 2.05) is 0 Å². The summed E-state index contributed by atoms with van der Waals surface area (Å²) in [5.41, 5.74) is 1.98. The third-order valence-electron chi connectivity index (χ3n) is 4.25. The SMILES string of the molecule is C=C(CC)CN1CCCC2(CCCNC2)C1. The van der Waals surface area contributed by atoms with E-state index >= 15 is 0 Å². The molecule has 92 valence electrons. The van der Waals surface area contributed by atoms with Gasteiger partial charge in [0.2, 0.25) is 0 Å². The molecule has 0 aliphatic carbocycles. The summed E-state index contributed by atoms with van der Waals surface area (Å²) in [5.74, 6) is 0. The highest BCUT2D eigenvalue weighted by Crippen LogP contribution is 2.35. The highest BCUT2D eigenvalue weighted by Gasteiger charge is 2.36.